The summed E-state index contributed by atoms with van der Waals surface area (Å²) >= 11 is 12.7. The lowest BCUT2D eigenvalue weighted by atomic mass is 10.2. The molecule has 1 aliphatic heterocycles. The van der Waals surface area contributed by atoms with E-state index in [4.69, 9.17) is 27.6 Å². The fraction of sp³-hybridized carbons (Fsp3) is 0.235. The molecule has 8 nitrogen and oxygen atoms in total. The van der Waals surface area contributed by atoms with E-state index < -0.39 is 22.0 Å². The molecule has 3 aromatic rings. The maximum atomic E-state index is 12.9. The summed E-state index contributed by atoms with van der Waals surface area (Å²) < 4.78 is 32.9. The molecule has 1 unspecified atom stereocenters. The van der Waals surface area contributed by atoms with Gasteiger partial charge in [-0.3, -0.25) is 10.1 Å². The highest BCUT2D eigenvalue weighted by molar-refractivity contribution is 7.91. The Kier molecular flexibility index (Phi) is 5.63. The number of carbonyl (C=O) groups excluding carboxylic acids is 1. The smallest absolute Gasteiger partial charge is 0.322 e. The number of hydrogen-bond donors (Lipinski definition) is 1. The molecule has 1 amide bonds. The quantitative estimate of drug-likeness (QED) is 0.603. The van der Waals surface area contributed by atoms with Crippen molar-refractivity contribution in [3.8, 4) is 11.5 Å². The minimum atomic E-state index is -3.82. The van der Waals surface area contributed by atoms with E-state index in [0.717, 1.165) is 11.3 Å². The molecule has 12 heteroatoms. The molecule has 0 saturated carbocycles. The summed E-state index contributed by atoms with van der Waals surface area (Å²) in [6.45, 7) is 0.246. The molecule has 0 bridgehead atoms. The Morgan fingerprint density at radius 3 is 2.62 bits per heavy atom. The van der Waals surface area contributed by atoms with Crippen LogP contribution in [0.4, 0.5) is 6.01 Å². The average Bonchev–Trinajstić information content (AvgIpc) is 3.42. The van der Waals surface area contributed by atoms with Crippen molar-refractivity contribution in [1.29, 1.82) is 0 Å². The number of halogens is 2. The molecule has 152 valence electrons. The first-order chi connectivity index (χ1) is 13.8. The van der Waals surface area contributed by atoms with E-state index >= 15 is 0 Å². The van der Waals surface area contributed by atoms with Gasteiger partial charge < -0.3 is 4.42 Å². The normalized spacial score (nSPS) is 17.5. The van der Waals surface area contributed by atoms with E-state index in [1.807, 2.05) is 0 Å². The van der Waals surface area contributed by atoms with Crippen LogP contribution < -0.4 is 5.32 Å². The molecule has 29 heavy (non-hydrogen) atoms. The van der Waals surface area contributed by atoms with Crippen molar-refractivity contribution in [2.45, 2.75) is 23.1 Å². The van der Waals surface area contributed by atoms with E-state index in [2.05, 4.69) is 15.5 Å². The molecule has 4 rings (SSSR count). The zero-order valence-corrected chi connectivity index (χ0v) is 17.9. The van der Waals surface area contributed by atoms with Crippen LogP contribution in [0.25, 0.3) is 11.5 Å². The number of nitrogens with zero attached hydrogens (tertiary/aromatic N) is 3. The Bertz CT molecular complexity index is 1140. The molecule has 3 heterocycles. The van der Waals surface area contributed by atoms with Gasteiger partial charge in [-0.25, -0.2) is 8.42 Å². The molecule has 0 spiro atoms. The molecule has 0 aliphatic carbocycles. The average molecular weight is 473 g/mol. The zero-order chi connectivity index (χ0) is 20.6. The number of sulfonamides is 1. The lowest BCUT2D eigenvalue weighted by Gasteiger charge is -2.21. The van der Waals surface area contributed by atoms with Crippen LogP contribution in [0.15, 0.2) is 45.0 Å². The number of thiophene rings is 1. The Hall–Kier alpha value is -1.98. The van der Waals surface area contributed by atoms with Gasteiger partial charge in [0.25, 0.3) is 10.0 Å². The summed E-state index contributed by atoms with van der Waals surface area (Å²) in [7, 11) is -3.82. The van der Waals surface area contributed by atoms with Gasteiger partial charge in [0.1, 0.15) is 10.3 Å². The standard InChI is InChI=1S/C17H14Cl2N4O4S2/c18-11-5-3-10(4-6-11)16-21-22-17(27-16)20-15(24)12-2-1-9-23(12)29(25,26)14-8-7-13(19)28-14/h3-8,12H,1-2,9H2,(H,20,22,24). The Morgan fingerprint density at radius 1 is 1.17 bits per heavy atom. The second-order valence-electron chi connectivity index (χ2n) is 6.24. The van der Waals surface area contributed by atoms with Crippen LogP contribution in [0.5, 0.6) is 0 Å². The highest BCUT2D eigenvalue weighted by Gasteiger charge is 2.40. The molecule has 2 aromatic heterocycles. The summed E-state index contributed by atoms with van der Waals surface area (Å²) in [5.74, 6) is -0.318. The van der Waals surface area contributed by atoms with Crippen LogP contribution in [0.1, 0.15) is 12.8 Å². The number of hydrogen-bond acceptors (Lipinski definition) is 7. The third-order valence-electron chi connectivity index (χ3n) is 4.36. The molecule has 0 radical (unpaired) electrons. The molecule has 1 atom stereocenters. The molecular weight excluding hydrogens is 459 g/mol. The van der Waals surface area contributed by atoms with Crippen molar-refractivity contribution in [2.24, 2.45) is 0 Å². The van der Waals surface area contributed by atoms with Gasteiger partial charge in [-0.15, -0.1) is 16.4 Å². The number of anilines is 1. The van der Waals surface area contributed by atoms with Crippen LogP contribution in [0, 0.1) is 0 Å². The summed E-state index contributed by atoms with van der Waals surface area (Å²) in [5.41, 5.74) is 0.641. The number of aromatic nitrogens is 2. The highest BCUT2D eigenvalue weighted by atomic mass is 35.5. The molecule has 1 fully saturated rings. The van der Waals surface area contributed by atoms with Crippen molar-refractivity contribution in [2.75, 3.05) is 11.9 Å². The first-order valence-corrected chi connectivity index (χ1v) is 11.5. The van der Waals surface area contributed by atoms with Crippen molar-refractivity contribution in [3.63, 3.8) is 0 Å². The number of rotatable bonds is 5. The van der Waals surface area contributed by atoms with Crippen LogP contribution in [-0.4, -0.2) is 41.4 Å². The molecule has 1 saturated heterocycles. The first-order valence-electron chi connectivity index (χ1n) is 8.52. The van der Waals surface area contributed by atoms with Gasteiger partial charge in [-0.05, 0) is 49.2 Å². The van der Waals surface area contributed by atoms with Gasteiger partial charge in [-0.2, -0.15) is 4.31 Å². The van der Waals surface area contributed by atoms with Crippen molar-refractivity contribution < 1.29 is 17.6 Å². The number of amides is 1. The van der Waals surface area contributed by atoms with E-state index in [-0.39, 0.29) is 22.7 Å². The number of carbonyl (C=O) groups is 1. The van der Waals surface area contributed by atoms with Gasteiger partial charge in [0, 0.05) is 17.1 Å². The molecule has 1 aromatic carbocycles. The van der Waals surface area contributed by atoms with E-state index in [1.165, 1.54) is 16.4 Å². The third-order valence-corrected chi connectivity index (χ3v) is 8.22. The summed E-state index contributed by atoms with van der Waals surface area (Å²) in [6.07, 6.45) is 0.957. The van der Waals surface area contributed by atoms with Gasteiger partial charge in [0.15, 0.2) is 0 Å². The van der Waals surface area contributed by atoms with E-state index in [1.54, 1.807) is 24.3 Å². The summed E-state index contributed by atoms with van der Waals surface area (Å²) in [5, 5.41) is 10.8. The fourth-order valence-corrected chi connectivity index (χ4v) is 6.41. The van der Waals surface area contributed by atoms with Crippen LogP contribution in [-0.2, 0) is 14.8 Å². The summed E-state index contributed by atoms with van der Waals surface area (Å²) in [6, 6.07) is 8.75. The number of nitrogens with one attached hydrogen (secondary N) is 1. The van der Waals surface area contributed by atoms with Crippen molar-refractivity contribution >= 4 is 56.5 Å². The highest BCUT2D eigenvalue weighted by Crippen LogP contribution is 2.32. The van der Waals surface area contributed by atoms with Gasteiger partial charge in [0.2, 0.25) is 11.8 Å². The predicted octanol–water partition coefficient (Wildman–Crippen LogP) is 3.90. The van der Waals surface area contributed by atoms with Gasteiger partial charge in [0.05, 0.1) is 4.34 Å². The van der Waals surface area contributed by atoms with Crippen LogP contribution in [0.2, 0.25) is 9.36 Å². The first kappa shape index (κ1) is 20.3. The largest absolute Gasteiger partial charge is 0.403 e. The molecule has 1 aliphatic rings. The number of benzene rings is 1. The Balaban J connectivity index is 1.50. The summed E-state index contributed by atoms with van der Waals surface area (Å²) in [4.78, 5) is 12.7. The molecular formula is C17H14Cl2N4O4S2. The zero-order valence-electron chi connectivity index (χ0n) is 14.7. The maximum Gasteiger partial charge on any atom is 0.322 e. The molecule has 1 N–H and O–H groups in total. The minimum Gasteiger partial charge on any atom is -0.403 e. The minimum absolute atomic E-state index is 0.102. The van der Waals surface area contributed by atoms with Crippen LogP contribution >= 0.6 is 34.5 Å². The Labute approximate surface area is 180 Å². The third kappa shape index (κ3) is 4.17. The van der Waals surface area contributed by atoms with Gasteiger partial charge >= 0.3 is 6.01 Å². The SMILES string of the molecule is O=C(Nc1nnc(-c2ccc(Cl)cc2)o1)C1CCCN1S(=O)(=O)c1ccc(Cl)s1. The Morgan fingerprint density at radius 2 is 1.93 bits per heavy atom. The van der Waals surface area contributed by atoms with E-state index in [9.17, 15) is 13.2 Å². The second-order valence-corrected chi connectivity index (χ2v) is 10.5. The lowest BCUT2D eigenvalue weighted by Crippen LogP contribution is -2.42. The topological polar surface area (TPSA) is 105 Å². The van der Waals surface area contributed by atoms with Gasteiger partial charge in [-0.1, -0.05) is 28.3 Å². The van der Waals surface area contributed by atoms with Crippen molar-refractivity contribution in [3.05, 3.63) is 45.8 Å². The van der Waals surface area contributed by atoms with Crippen LogP contribution in [0.3, 0.4) is 0 Å². The lowest BCUT2D eigenvalue weighted by molar-refractivity contribution is -0.119. The monoisotopic (exact) mass is 472 g/mol. The van der Waals surface area contributed by atoms with E-state index in [0.29, 0.717) is 27.8 Å². The predicted molar refractivity (Wildman–Crippen MR) is 110 cm³/mol. The van der Waals surface area contributed by atoms with Crippen molar-refractivity contribution in [1.82, 2.24) is 14.5 Å². The second kappa shape index (κ2) is 8.04. The maximum absolute atomic E-state index is 12.9. The fourth-order valence-electron chi connectivity index (χ4n) is 3.01.